The molecule has 0 radical (unpaired) electrons. The Morgan fingerprint density at radius 3 is 2.50 bits per heavy atom. The van der Waals surface area contributed by atoms with Gasteiger partial charge in [-0.1, -0.05) is 6.92 Å². The van der Waals surface area contributed by atoms with Crippen molar-refractivity contribution in [3.63, 3.8) is 0 Å². The topological polar surface area (TPSA) is 56.1 Å². The number of nitriles is 1. The molecule has 1 fully saturated rings. The second kappa shape index (κ2) is 5.19. The summed E-state index contributed by atoms with van der Waals surface area (Å²) in [6, 6.07) is 9.15. The van der Waals surface area contributed by atoms with E-state index in [4.69, 9.17) is 5.26 Å². The summed E-state index contributed by atoms with van der Waals surface area (Å²) in [5, 5.41) is 11.9. The summed E-state index contributed by atoms with van der Waals surface area (Å²) in [6.07, 6.45) is 0. The predicted octanol–water partition coefficient (Wildman–Crippen LogP) is 1.38. The number of hydrogen-bond donors (Lipinski definition) is 1. The van der Waals surface area contributed by atoms with Gasteiger partial charge in [-0.25, -0.2) is 0 Å². The van der Waals surface area contributed by atoms with Gasteiger partial charge in [0.15, 0.2) is 0 Å². The lowest BCUT2D eigenvalue weighted by Crippen LogP contribution is -2.50. The molecule has 1 aromatic rings. The summed E-state index contributed by atoms with van der Waals surface area (Å²) in [5.41, 5.74) is 1.44. The van der Waals surface area contributed by atoms with Crippen molar-refractivity contribution < 1.29 is 4.79 Å². The highest BCUT2D eigenvalue weighted by atomic mass is 16.2. The maximum Gasteiger partial charge on any atom is 0.229 e. The Kier molecular flexibility index (Phi) is 3.63. The molecule has 1 saturated heterocycles. The average Bonchev–Trinajstić information content (AvgIpc) is 2.35. The lowest BCUT2D eigenvalue weighted by atomic mass is 9.88. The number of anilines is 1. The molecule has 0 aliphatic carbocycles. The van der Waals surface area contributed by atoms with Crippen LogP contribution in [0.15, 0.2) is 24.3 Å². The lowest BCUT2D eigenvalue weighted by Gasteiger charge is -2.34. The molecule has 4 nitrogen and oxygen atoms in total. The van der Waals surface area contributed by atoms with Gasteiger partial charge >= 0.3 is 0 Å². The van der Waals surface area contributed by atoms with E-state index in [1.165, 1.54) is 0 Å². The Bertz CT molecular complexity index is 471. The van der Waals surface area contributed by atoms with Crippen LogP contribution in [0.1, 0.15) is 12.5 Å². The molecule has 0 aromatic heterocycles. The van der Waals surface area contributed by atoms with E-state index < -0.39 is 0 Å². The first kappa shape index (κ1) is 12.6. The standard InChI is InChI=1S/C14H17N3O/c1-10(12-8-16-9-12)14(18)17(2)13-5-3-11(7-15)4-6-13/h3-6,10,12,16H,8-9H2,1-2H3. The van der Waals surface area contributed by atoms with Crippen molar-refractivity contribution in [1.82, 2.24) is 5.32 Å². The molecular formula is C14H17N3O. The van der Waals surface area contributed by atoms with Crippen molar-refractivity contribution in [1.29, 1.82) is 5.26 Å². The van der Waals surface area contributed by atoms with Crippen LogP contribution in [0, 0.1) is 23.2 Å². The number of nitrogens with one attached hydrogen (secondary N) is 1. The van der Waals surface area contributed by atoms with E-state index in [0.29, 0.717) is 11.5 Å². The molecule has 1 aliphatic heterocycles. The first-order chi connectivity index (χ1) is 8.63. The highest BCUT2D eigenvalue weighted by molar-refractivity contribution is 5.94. The van der Waals surface area contributed by atoms with Crippen LogP contribution >= 0.6 is 0 Å². The molecule has 1 heterocycles. The van der Waals surface area contributed by atoms with Gasteiger partial charge in [0.05, 0.1) is 11.6 Å². The van der Waals surface area contributed by atoms with Crippen molar-refractivity contribution >= 4 is 11.6 Å². The fourth-order valence-electron chi connectivity index (χ4n) is 2.06. The molecule has 18 heavy (non-hydrogen) atoms. The number of carbonyl (C=O) groups excluding carboxylic acids is 1. The van der Waals surface area contributed by atoms with Crippen LogP contribution in [0.4, 0.5) is 5.69 Å². The second-order valence-corrected chi connectivity index (χ2v) is 4.76. The van der Waals surface area contributed by atoms with E-state index in [1.807, 2.05) is 19.1 Å². The van der Waals surface area contributed by atoms with E-state index >= 15 is 0 Å². The van der Waals surface area contributed by atoms with Crippen LogP contribution in [0.2, 0.25) is 0 Å². The minimum absolute atomic E-state index is 0.0342. The molecule has 4 heteroatoms. The van der Waals surface area contributed by atoms with Crippen LogP contribution in [-0.2, 0) is 4.79 Å². The van der Waals surface area contributed by atoms with Gasteiger partial charge in [0.2, 0.25) is 5.91 Å². The number of hydrogen-bond acceptors (Lipinski definition) is 3. The molecule has 2 rings (SSSR count). The molecule has 1 atom stereocenters. The van der Waals surface area contributed by atoms with Crippen LogP contribution in [0.5, 0.6) is 0 Å². The predicted molar refractivity (Wildman–Crippen MR) is 70.1 cm³/mol. The largest absolute Gasteiger partial charge is 0.316 e. The Morgan fingerprint density at radius 1 is 1.44 bits per heavy atom. The summed E-state index contributed by atoms with van der Waals surface area (Å²) in [4.78, 5) is 13.9. The van der Waals surface area contributed by atoms with Gasteiger partial charge in [-0.15, -0.1) is 0 Å². The minimum Gasteiger partial charge on any atom is -0.316 e. The summed E-state index contributed by atoms with van der Waals surface area (Å²) in [7, 11) is 1.78. The molecular weight excluding hydrogens is 226 g/mol. The zero-order chi connectivity index (χ0) is 13.1. The van der Waals surface area contributed by atoms with Crippen LogP contribution in [0.25, 0.3) is 0 Å². The maximum atomic E-state index is 12.3. The van der Waals surface area contributed by atoms with Crippen molar-refractivity contribution in [2.24, 2.45) is 11.8 Å². The number of nitrogens with zero attached hydrogens (tertiary/aromatic N) is 2. The third kappa shape index (κ3) is 2.36. The van der Waals surface area contributed by atoms with Gasteiger partial charge in [-0.05, 0) is 43.3 Å². The minimum atomic E-state index is 0.0342. The van der Waals surface area contributed by atoms with E-state index in [1.54, 1.807) is 24.1 Å². The third-order valence-electron chi connectivity index (χ3n) is 3.62. The molecule has 0 spiro atoms. The van der Waals surface area contributed by atoms with E-state index in [0.717, 1.165) is 18.8 Å². The third-order valence-corrected chi connectivity index (χ3v) is 3.62. The van der Waals surface area contributed by atoms with Crippen LogP contribution in [-0.4, -0.2) is 26.0 Å². The number of amides is 1. The normalized spacial score (nSPS) is 16.5. The zero-order valence-electron chi connectivity index (χ0n) is 10.7. The van der Waals surface area contributed by atoms with E-state index in [-0.39, 0.29) is 11.8 Å². The lowest BCUT2D eigenvalue weighted by molar-refractivity contribution is -0.123. The van der Waals surface area contributed by atoms with E-state index in [9.17, 15) is 4.79 Å². The van der Waals surface area contributed by atoms with Crippen LogP contribution in [0.3, 0.4) is 0 Å². The Morgan fingerprint density at radius 2 is 2.06 bits per heavy atom. The summed E-state index contributed by atoms with van der Waals surface area (Å²) in [5.74, 6) is 0.608. The number of benzene rings is 1. The molecule has 0 saturated carbocycles. The quantitative estimate of drug-likeness (QED) is 0.872. The van der Waals surface area contributed by atoms with Crippen molar-refractivity contribution in [2.75, 3.05) is 25.0 Å². The van der Waals surface area contributed by atoms with Gasteiger partial charge < -0.3 is 10.2 Å². The zero-order valence-corrected chi connectivity index (χ0v) is 10.7. The highest BCUT2D eigenvalue weighted by Gasteiger charge is 2.30. The van der Waals surface area contributed by atoms with Gasteiger partial charge in [0, 0.05) is 18.7 Å². The molecule has 1 N–H and O–H groups in total. The van der Waals surface area contributed by atoms with Crippen molar-refractivity contribution in [2.45, 2.75) is 6.92 Å². The molecule has 94 valence electrons. The molecule has 1 unspecified atom stereocenters. The SMILES string of the molecule is CC(C(=O)N(C)c1ccc(C#N)cc1)C1CNC1. The van der Waals surface area contributed by atoms with Crippen LogP contribution < -0.4 is 10.2 Å². The molecule has 1 aromatic carbocycles. The van der Waals surface area contributed by atoms with Gasteiger partial charge in [-0.2, -0.15) is 5.26 Å². The summed E-state index contributed by atoms with van der Waals surface area (Å²) >= 11 is 0. The fraction of sp³-hybridized carbons (Fsp3) is 0.429. The smallest absolute Gasteiger partial charge is 0.229 e. The Balaban J connectivity index is 2.07. The number of rotatable bonds is 3. The van der Waals surface area contributed by atoms with Gasteiger partial charge in [0.1, 0.15) is 0 Å². The maximum absolute atomic E-state index is 12.3. The van der Waals surface area contributed by atoms with Gasteiger partial charge in [0.25, 0.3) is 0 Å². The summed E-state index contributed by atoms with van der Waals surface area (Å²) < 4.78 is 0. The Labute approximate surface area is 107 Å². The molecule has 1 aliphatic rings. The van der Waals surface area contributed by atoms with Gasteiger partial charge in [-0.3, -0.25) is 4.79 Å². The molecule has 1 amide bonds. The van der Waals surface area contributed by atoms with Crippen molar-refractivity contribution in [3.05, 3.63) is 29.8 Å². The Hall–Kier alpha value is -1.86. The van der Waals surface area contributed by atoms with Crippen molar-refractivity contribution in [3.8, 4) is 6.07 Å². The first-order valence-electron chi connectivity index (χ1n) is 6.12. The number of carbonyl (C=O) groups is 1. The first-order valence-corrected chi connectivity index (χ1v) is 6.12. The van der Waals surface area contributed by atoms with E-state index in [2.05, 4.69) is 11.4 Å². The average molecular weight is 243 g/mol. The fourth-order valence-corrected chi connectivity index (χ4v) is 2.06. The highest BCUT2D eigenvalue weighted by Crippen LogP contribution is 2.21. The summed E-state index contributed by atoms with van der Waals surface area (Å²) in [6.45, 7) is 3.83. The second-order valence-electron chi connectivity index (χ2n) is 4.76. The molecule has 0 bridgehead atoms. The monoisotopic (exact) mass is 243 g/mol.